The topological polar surface area (TPSA) is 106 Å². The van der Waals surface area contributed by atoms with Crippen molar-refractivity contribution in [3.63, 3.8) is 0 Å². The lowest BCUT2D eigenvalue weighted by atomic mass is 10.1. The van der Waals surface area contributed by atoms with Gasteiger partial charge in [-0.05, 0) is 35.9 Å². The van der Waals surface area contributed by atoms with Crippen molar-refractivity contribution in [2.24, 2.45) is 10.2 Å². The number of fused-ring (bicyclic) bond motifs is 1. The molecule has 5 aromatic rings. The van der Waals surface area contributed by atoms with Gasteiger partial charge in [-0.15, -0.1) is 21.6 Å². The molecule has 1 N–H and O–H groups in total. The Bertz CT molecular complexity index is 1530. The van der Waals surface area contributed by atoms with E-state index in [0.717, 1.165) is 16.6 Å². The number of rotatable bonds is 6. The molecule has 0 aliphatic heterocycles. The van der Waals surface area contributed by atoms with Crippen LogP contribution in [0.3, 0.4) is 0 Å². The number of hydrogen-bond acceptors (Lipinski definition) is 7. The van der Waals surface area contributed by atoms with Gasteiger partial charge in [0.25, 0.3) is 5.69 Å². The minimum atomic E-state index is -0.447. The molecule has 5 rings (SSSR count). The van der Waals surface area contributed by atoms with Crippen LogP contribution in [0.2, 0.25) is 5.02 Å². The molecule has 0 bridgehead atoms. The second-order valence-electron chi connectivity index (χ2n) is 7.42. The molecule has 34 heavy (non-hydrogen) atoms. The van der Waals surface area contributed by atoms with Gasteiger partial charge in [0.1, 0.15) is 0 Å². The van der Waals surface area contributed by atoms with Gasteiger partial charge in [-0.3, -0.25) is 10.1 Å². The molecule has 0 unspecified atom stereocenters. The quantitative estimate of drug-likeness (QED) is 0.151. The lowest BCUT2D eigenvalue weighted by molar-refractivity contribution is -0.384. The van der Waals surface area contributed by atoms with Crippen LogP contribution in [0.15, 0.2) is 88.4 Å². The normalized spacial score (nSPS) is 11.4. The summed E-state index contributed by atoms with van der Waals surface area (Å²) in [7, 11) is 0. The van der Waals surface area contributed by atoms with E-state index in [2.05, 4.69) is 15.2 Å². The number of aromatic hydroxyl groups is 1. The summed E-state index contributed by atoms with van der Waals surface area (Å²) in [5.41, 5.74) is 3.50. The third-order valence-electron chi connectivity index (χ3n) is 5.26. The van der Waals surface area contributed by atoms with E-state index in [4.69, 9.17) is 11.6 Å². The van der Waals surface area contributed by atoms with Crippen LogP contribution in [-0.4, -0.2) is 19.6 Å². The Labute approximate surface area is 202 Å². The van der Waals surface area contributed by atoms with E-state index in [0.29, 0.717) is 33.5 Å². The molecule has 168 valence electrons. The van der Waals surface area contributed by atoms with Crippen molar-refractivity contribution >= 4 is 50.3 Å². The summed E-state index contributed by atoms with van der Waals surface area (Å²) in [6, 6.07) is 21.3. The highest BCUT2D eigenvalue weighted by molar-refractivity contribution is 7.13. The van der Waals surface area contributed by atoms with Crippen molar-refractivity contribution in [3.05, 3.63) is 98.9 Å². The summed E-state index contributed by atoms with van der Waals surface area (Å²) in [4.78, 5) is 14.9. The number of thiazole rings is 1. The van der Waals surface area contributed by atoms with E-state index < -0.39 is 4.92 Å². The average Bonchev–Trinajstić information content (AvgIpc) is 3.41. The fraction of sp³-hybridized carbons (Fsp3) is 0.0417. The van der Waals surface area contributed by atoms with Crippen molar-refractivity contribution in [1.82, 2.24) is 9.55 Å². The standard InChI is InChI=1S/C24H16ClN5O3S/c25-17-8-11-21-19(12-17)22(23(31)29(21)13-15-4-2-1-3-5-15)27-28-24-26-20(14-34-24)16-6-9-18(10-7-16)30(32)33/h1-12,14,31H,13H2. The molecule has 0 saturated carbocycles. The van der Waals surface area contributed by atoms with Gasteiger partial charge in [0.2, 0.25) is 11.0 Å². The van der Waals surface area contributed by atoms with Gasteiger partial charge in [-0.2, -0.15) is 0 Å². The van der Waals surface area contributed by atoms with E-state index in [1.165, 1.54) is 23.5 Å². The highest BCUT2D eigenvalue weighted by Gasteiger charge is 2.18. The number of nitro groups is 1. The van der Waals surface area contributed by atoms with E-state index >= 15 is 0 Å². The summed E-state index contributed by atoms with van der Waals surface area (Å²) in [5, 5.41) is 33.8. The molecule has 0 aliphatic carbocycles. The maximum atomic E-state index is 11.0. The van der Waals surface area contributed by atoms with Crippen LogP contribution in [0.4, 0.5) is 16.5 Å². The number of nitro benzene ring substituents is 1. The van der Waals surface area contributed by atoms with Crippen molar-refractivity contribution < 1.29 is 10.0 Å². The van der Waals surface area contributed by atoms with Crippen molar-refractivity contribution in [3.8, 4) is 17.1 Å². The molecule has 0 radical (unpaired) electrons. The molecule has 2 heterocycles. The average molecular weight is 490 g/mol. The molecule has 8 nitrogen and oxygen atoms in total. The Morgan fingerprint density at radius 2 is 1.82 bits per heavy atom. The van der Waals surface area contributed by atoms with Gasteiger partial charge in [-0.1, -0.05) is 41.9 Å². The van der Waals surface area contributed by atoms with E-state index in [1.807, 2.05) is 36.4 Å². The van der Waals surface area contributed by atoms with E-state index in [9.17, 15) is 15.2 Å². The van der Waals surface area contributed by atoms with Crippen LogP contribution in [0.1, 0.15) is 5.56 Å². The molecule has 0 amide bonds. The van der Waals surface area contributed by atoms with Crippen molar-refractivity contribution in [1.29, 1.82) is 0 Å². The Morgan fingerprint density at radius 3 is 2.56 bits per heavy atom. The van der Waals surface area contributed by atoms with Crippen LogP contribution >= 0.6 is 22.9 Å². The van der Waals surface area contributed by atoms with Crippen molar-refractivity contribution in [2.75, 3.05) is 0 Å². The summed E-state index contributed by atoms with van der Waals surface area (Å²) in [6.07, 6.45) is 0. The minimum absolute atomic E-state index is 0.0138. The summed E-state index contributed by atoms with van der Waals surface area (Å²) >= 11 is 7.49. The SMILES string of the molecule is O=[N+]([O-])c1ccc(-c2csc(N=Nc3c(O)n(Cc4ccccc4)c4ccc(Cl)cc34)n2)cc1. The number of benzene rings is 3. The third kappa shape index (κ3) is 4.26. The third-order valence-corrected chi connectivity index (χ3v) is 6.22. The second-order valence-corrected chi connectivity index (χ2v) is 8.70. The van der Waals surface area contributed by atoms with Crippen LogP contribution in [0.25, 0.3) is 22.2 Å². The molecule has 10 heteroatoms. The van der Waals surface area contributed by atoms with Crippen LogP contribution in [0.5, 0.6) is 5.88 Å². The van der Waals surface area contributed by atoms with Gasteiger partial charge in [0.15, 0.2) is 5.69 Å². The number of non-ortho nitro benzene ring substituents is 1. The van der Waals surface area contributed by atoms with Crippen LogP contribution < -0.4 is 0 Å². The van der Waals surface area contributed by atoms with Gasteiger partial charge in [0.05, 0.1) is 22.7 Å². The zero-order valence-electron chi connectivity index (χ0n) is 17.5. The first-order chi connectivity index (χ1) is 16.5. The zero-order chi connectivity index (χ0) is 23.7. The number of hydrogen-bond donors (Lipinski definition) is 1. The largest absolute Gasteiger partial charge is 0.493 e. The number of nitrogens with zero attached hydrogens (tertiary/aromatic N) is 5. The molecular formula is C24H16ClN5O3S. The molecule has 0 fully saturated rings. The first kappa shape index (κ1) is 21.7. The van der Waals surface area contributed by atoms with Gasteiger partial charge < -0.3 is 9.67 Å². The number of azo groups is 1. The molecule has 3 aromatic carbocycles. The molecule has 2 aromatic heterocycles. The Kier molecular flexibility index (Phi) is 5.79. The Balaban J connectivity index is 1.48. The predicted octanol–water partition coefficient (Wildman–Crippen LogP) is 7.50. The fourth-order valence-electron chi connectivity index (χ4n) is 3.61. The van der Waals surface area contributed by atoms with Crippen LogP contribution in [-0.2, 0) is 6.54 Å². The van der Waals surface area contributed by atoms with Gasteiger partial charge in [-0.25, -0.2) is 4.98 Å². The molecule has 0 atom stereocenters. The first-order valence-corrected chi connectivity index (χ1v) is 11.4. The maximum Gasteiger partial charge on any atom is 0.269 e. The summed E-state index contributed by atoms with van der Waals surface area (Å²) in [6.45, 7) is 0.460. The Morgan fingerprint density at radius 1 is 1.06 bits per heavy atom. The Hall–Kier alpha value is -4.08. The van der Waals surface area contributed by atoms with E-state index in [-0.39, 0.29) is 11.6 Å². The second kappa shape index (κ2) is 9.05. The fourth-order valence-corrected chi connectivity index (χ4v) is 4.43. The van der Waals surface area contributed by atoms with Gasteiger partial charge >= 0.3 is 0 Å². The van der Waals surface area contributed by atoms with Gasteiger partial charge in [0, 0.05) is 33.5 Å². The first-order valence-electron chi connectivity index (χ1n) is 10.2. The van der Waals surface area contributed by atoms with Crippen LogP contribution in [0, 0.1) is 10.1 Å². The van der Waals surface area contributed by atoms with E-state index in [1.54, 1.807) is 34.2 Å². The molecule has 0 spiro atoms. The lowest BCUT2D eigenvalue weighted by Gasteiger charge is -2.07. The molecule has 0 aliphatic rings. The summed E-state index contributed by atoms with van der Waals surface area (Å²) in [5.74, 6) is -0.0166. The predicted molar refractivity (Wildman–Crippen MR) is 133 cm³/mol. The summed E-state index contributed by atoms with van der Waals surface area (Å²) < 4.78 is 1.76. The zero-order valence-corrected chi connectivity index (χ0v) is 19.1. The number of halogens is 1. The lowest BCUT2D eigenvalue weighted by Crippen LogP contribution is -1.98. The maximum absolute atomic E-state index is 11.0. The molecule has 0 saturated heterocycles. The van der Waals surface area contributed by atoms with Crippen molar-refractivity contribution in [2.45, 2.75) is 6.54 Å². The monoisotopic (exact) mass is 489 g/mol. The highest BCUT2D eigenvalue weighted by Crippen LogP contribution is 2.41. The molecular weight excluding hydrogens is 474 g/mol. The number of aromatic nitrogens is 2. The minimum Gasteiger partial charge on any atom is -0.493 e. The smallest absolute Gasteiger partial charge is 0.269 e. The highest BCUT2D eigenvalue weighted by atomic mass is 35.5.